The summed E-state index contributed by atoms with van der Waals surface area (Å²) in [5.41, 5.74) is 2.59. The van der Waals surface area contributed by atoms with E-state index in [-0.39, 0.29) is 5.78 Å². The minimum atomic E-state index is 0.0190. The van der Waals surface area contributed by atoms with Crippen LogP contribution in [0.5, 0.6) is 5.75 Å². The molecule has 0 atom stereocenters. The molecule has 0 N–H and O–H groups in total. The smallest absolute Gasteiger partial charge is 0.194 e. The Bertz CT molecular complexity index is 651. The van der Waals surface area contributed by atoms with Gasteiger partial charge in [0.15, 0.2) is 5.78 Å². The molecule has 0 unspecified atom stereocenters. The van der Waals surface area contributed by atoms with Gasteiger partial charge in [0.1, 0.15) is 5.75 Å². The quantitative estimate of drug-likeness (QED) is 0.452. The van der Waals surface area contributed by atoms with Crippen molar-refractivity contribution in [3.8, 4) is 5.75 Å². The first kappa shape index (κ1) is 16.5. The average Bonchev–Trinajstić information content (AvgIpc) is 2.50. The third-order valence-corrected chi connectivity index (χ3v) is 4.69. The van der Waals surface area contributed by atoms with Crippen LogP contribution in [0.3, 0.4) is 0 Å². The number of aryl methyl sites for hydroxylation is 1. The van der Waals surface area contributed by atoms with Crippen molar-refractivity contribution in [1.82, 2.24) is 0 Å². The summed E-state index contributed by atoms with van der Waals surface area (Å²) in [5.74, 6) is 0.813. The van der Waals surface area contributed by atoms with Crippen molar-refractivity contribution in [2.75, 3.05) is 6.61 Å². The summed E-state index contributed by atoms with van der Waals surface area (Å²) in [6.07, 6.45) is 0.971. The second-order valence-electron chi connectivity index (χ2n) is 4.58. The van der Waals surface area contributed by atoms with Gasteiger partial charge < -0.3 is 4.74 Å². The Morgan fingerprint density at radius 2 is 1.86 bits per heavy atom. The molecule has 0 bridgehead atoms. The lowest BCUT2D eigenvalue weighted by molar-refractivity contribution is 0.103. The van der Waals surface area contributed by atoms with Crippen molar-refractivity contribution in [3.63, 3.8) is 0 Å². The molecule has 110 valence electrons. The Balaban J connectivity index is 2.36. The molecule has 2 nitrogen and oxygen atoms in total. The van der Waals surface area contributed by atoms with Crippen LogP contribution in [0.2, 0.25) is 0 Å². The second kappa shape index (κ2) is 7.40. The van der Waals surface area contributed by atoms with E-state index in [9.17, 15) is 4.79 Å². The molecule has 0 aromatic heterocycles. The highest BCUT2D eigenvalue weighted by molar-refractivity contribution is 14.1. The van der Waals surface area contributed by atoms with Crippen LogP contribution in [0.15, 0.2) is 40.9 Å². The number of ketones is 1. The highest BCUT2D eigenvalue weighted by Crippen LogP contribution is 2.30. The molecular weight excluding hydrogens is 443 g/mol. The molecule has 0 heterocycles. The first-order chi connectivity index (χ1) is 10.1. The molecule has 0 aliphatic heterocycles. The zero-order valence-electron chi connectivity index (χ0n) is 12.0. The van der Waals surface area contributed by atoms with Gasteiger partial charge in [-0.05, 0) is 69.6 Å². The molecule has 0 aliphatic carbocycles. The summed E-state index contributed by atoms with van der Waals surface area (Å²) >= 11 is 5.67. The molecule has 0 spiro atoms. The van der Waals surface area contributed by atoms with Gasteiger partial charge in [-0.15, -0.1) is 0 Å². The zero-order valence-corrected chi connectivity index (χ0v) is 15.7. The van der Waals surface area contributed by atoms with Crippen LogP contribution in [0.1, 0.15) is 35.3 Å². The zero-order chi connectivity index (χ0) is 15.4. The first-order valence-corrected chi connectivity index (χ1v) is 8.69. The van der Waals surface area contributed by atoms with E-state index in [0.29, 0.717) is 17.7 Å². The summed E-state index contributed by atoms with van der Waals surface area (Å²) in [7, 11) is 0. The molecule has 2 aromatic carbocycles. The summed E-state index contributed by atoms with van der Waals surface area (Å²) in [6, 6.07) is 11.5. The Labute approximate surface area is 147 Å². The fourth-order valence-corrected chi connectivity index (χ4v) is 3.14. The Morgan fingerprint density at radius 1 is 1.19 bits per heavy atom. The lowest BCUT2D eigenvalue weighted by Crippen LogP contribution is -2.04. The van der Waals surface area contributed by atoms with Gasteiger partial charge in [0.25, 0.3) is 0 Å². The van der Waals surface area contributed by atoms with Gasteiger partial charge in [-0.2, -0.15) is 0 Å². The standard InChI is InChI=1S/C17H16BrIO2/c1-3-11-5-7-12(8-6-11)17(20)13-9-15(19)16(21-4-2)10-14(13)18/h5-10H,3-4H2,1-2H3. The summed E-state index contributed by atoms with van der Waals surface area (Å²) in [5, 5.41) is 0. The summed E-state index contributed by atoms with van der Waals surface area (Å²) in [4.78, 5) is 12.6. The molecule has 0 radical (unpaired) electrons. The molecule has 0 fully saturated rings. The van der Waals surface area contributed by atoms with Crippen LogP contribution in [0.4, 0.5) is 0 Å². The third-order valence-electron chi connectivity index (χ3n) is 3.19. The normalized spacial score (nSPS) is 10.5. The van der Waals surface area contributed by atoms with Crippen molar-refractivity contribution in [3.05, 3.63) is 61.1 Å². The number of carbonyl (C=O) groups excluding carboxylic acids is 1. The minimum Gasteiger partial charge on any atom is -0.493 e. The van der Waals surface area contributed by atoms with Gasteiger partial charge in [0.2, 0.25) is 0 Å². The van der Waals surface area contributed by atoms with Crippen molar-refractivity contribution in [2.24, 2.45) is 0 Å². The number of hydrogen-bond acceptors (Lipinski definition) is 2. The molecule has 0 aliphatic rings. The van der Waals surface area contributed by atoms with Crippen molar-refractivity contribution >= 4 is 44.3 Å². The predicted molar refractivity (Wildman–Crippen MR) is 97.3 cm³/mol. The number of halogens is 2. The fraction of sp³-hybridized carbons (Fsp3) is 0.235. The van der Waals surface area contributed by atoms with Crippen LogP contribution >= 0.6 is 38.5 Å². The average molecular weight is 459 g/mol. The van der Waals surface area contributed by atoms with Gasteiger partial charge >= 0.3 is 0 Å². The maximum absolute atomic E-state index is 12.6. The number of carbonyl (C=O) groups is 1. The number of ether oxygens (including phenoxy) is 1. The number of benzene rings is 2. The minimum absolute atomic E-state index is 0.0190. The monoisotopic (exact) mass is 458 g/mol. The number of rotatable bonds is 5. The summed E-state index contributed by atoms with van der Waals surface area (Å²) in [6.45, 7) is 4.65. The number of hydrogen-bond donors (Lipinski definition) is 0. The molecule has 0 saturated heterocycles. The van der Waals surface area contributed by atoms with Crippen molar-refractivity contribution in [2.45, 2.75) is 20.3 Å². The first-order valence-electron chi connectivity index (χ1n) is 6.82. The molecule has 0 amide bonds. The Morgan fingerprint density at radius 3 is 2.43 bits per heavy atom. The second-order valence-corrected chi connectivity index (χ2v) is 6.59. The van der Waals surface area contributed by atoms with E-state index in [1.165, 1.54) is 5.56 Å². The van der Waals surface area contributed by atoms with Gasteiger partial charge in [-0.3, -0.25) is 4.79 Å². The van der Waals surface area contributed by atoms with E-state index >= 15 is 0 Å². The van der Waals surface area contributed by atoms with E-state index in [2.05, 4.69) is 45.4 Å². The van der Waals surface area contributed by atoms with Gasteiger partial charge in [0.05, 0.1) is 10.2 Å². The predicted octanol–water partition coefficient (Wildman–Crippen LogP) is 5.25. The lowest BCUT2D eigenvalue weighted by atomic mass is 10.0. The third kappa shape index (κ3) is 3.86. The molecular formula is C17H16BrIO2. The van der Waals surface area contributed by atoms with Gasteiger partial charge in [0, 0.05) is 15.6 Å². The Hall–Kier alpha value is -0.880. The van der Waals surface area contributed by atoms with Gasteiger partial charge in [-0.1, -0.05) is 31.2 Å². The fourth-order valence-electron chi connectivity index (χ4n) is 2.02. The van der Waals surface area contributed by atoms with E-state index in [4.69, 9.17) is 4.74 Å². The van der Waals surface area contributed by atoms with E-state index in [1.807, 2.05) is 43.3 Å². The lowest BCUT2D eigenvalue weighted by Gasteiger charge is -2.10. The largest absolute Gasteiger partial charge is 0.493 e. The molecule has 4 heteroatoms. The van der Waals surface area contributed by atoms with Crippen molar-refractivity contribution < 1.29 is 9.53 Å². The van der Waals surface area contributed by atoms with Crippen LogP contribution in [-0.2, 0) is 6.42 Å². The highest BCUT2D eigenvalue weighted by atomic mass is 127. The van der Waals surface area contributed by atoms with Crippen LogP contribution in [0, 0.1) is 3.57 Å². The van der Waals surface area contributed by atoms with E-state index in [1.54, 1.807) is 0 Å². The summed E-state index contributed by atoms with van der Waals surface area (Å²) < 4.78 is 7.24. The SMILES string of the molecule is CCOc1cc(Br)c(C(=O)c2ccc(CC)cc2)cc1I. The van der Waals surface area contributed by atoms with Crippen LogP contribution in [0.25, 0.3) is 0 Å². The van der Waals surface area contributed by atoms with Gasteiger partial charge in [-0.25, -0.2) is 0 Å². The Kier molecular flexibility index (Phi) is 5.81. The molecule has 21 heavy (non-hydrogen) atoms. The molecule has 2 rings (SSSR count). The maximum Gasteiger partial charge on any atom is 0.194 e. The maximum atomic E-state index is 12.6. The topological polar surface area (TPSA) is 26.3 Å². The van der Waals surface area contributed by atoms with Crippen LogP contribution < -0.4 is 4.74 Å². The highest BCUT2D eigenvalue weighted by Gasteiger charge is 2.15. The van der Waals surface area contributed by atoms with E-state index < -0.39 is 0 Å². The van der Waals surface area contributed by atoms with E-state index in [0.717, 1.165) is 20.2 Å². The van der Waals surface area contributed by atoms with Crippen LogP contribution in [-0.4, -0.2) is 12.4 Å². The molecule has 2 aromatic rings. The van der Waals surface area contributed by atoms with Crippen molar-refractivity contribution in [1.29, 1.82) is 0 Å². The molecule has 0 saturated carbocycles.